The average Bonchev–Trinajstić information content (AvgIpc) is 2.33. The Morgan fingerprint density at radius 1 is 1.26 bits per heavy atom. The van der Waals surface area contributed by atoms with Gasteiger partial charge < -0.3 is 10.4 Å². The Bertz CT molecular complexity index is 650. The minimum atomic E-state index is -1.07. The molecule has 4 nitrogen and oxygen atoms in total. The number of benzene rings is 1. The van der Waals surface area contributed by atoms with Crippen molar-refractivity contribution in [2.75, 3.05) is 5.32 Å². The van der Waals surface area contributed by atoms with Crippen molar-refractivity contribution >= 4 is 60.9 Å². The maximum atomic E-state index is 11.1. The summed E-state index contributed by atoms with van der Waals surface area (Å²) in [6, 6.07) is 8.34. The largest absolute Gasteiger partial charge is 0.478 e. The predicted octanol–water partition coefficient (Wildman–Crippen LogP) is 4.70. The molecule has 0 aliphatic heterocycles. The van der Waals surface area contributed by atoms with Crippen LogP contribution in [0.3, 0.4) is 0 Å². The monoisotopic (exact) mass is 404 g/mol. The summed E-state index contributed by atoms with van der Waals surface area (Å²) in [4.78, 5) is 15.1. The molecule has 1 heterocycles. The molecule has 0 aliphatic carbocycles. The van der Waals surface area contributed by atoms with Crippen LogP contribution in [0.4, 0.5) is 11.5 Å². The molecular formula is C12H7Br2ClN2O2. The van der Waals surface area contributed by atoms with Gasteiger partial charge in [-0.2, -0.15) is 0 Å². The molecule has 0 bridgehead atoms. The van der Waals surface area contributed by atoms with Crippen molar-refractivity contribution in [3.8, 4) is 0 Å². The molecule has 0 saturated carbocycles. The second kappa shape index (κ2) is 5.90. The molecular weight excluding hydrogens is 399 g/mol. The van der Waals surface area contributed by atoms with E-state index in [2.05, 4.69) is 42.2 Å². The number of nitrogens with zero attached hydrogens (tertiary/aromatic N) is 1. The number of aromatic nitrogens is 1. The number of rotatable bonds is 3. The number of aromatic carboxylic acids is 1. The van der Waals surface area contributed by atoms with Gasteiger partial charge in [0.25, 0.3) is 0 Å². The number of pyridine rings is 1. The third-order valence-corrected chi connectivity index (χ3v) is 3.67. The highest BCUT2D eigenvalue weighted by atomic mass is 79.9. The van der Waals surface area contributed by atoms with Gasteiger partial charge >= 0.3 is 5.97 Å². The minimum absolute atomic E-state index is 0.0521. The zero-order valence-electron chi connectivity index (χ0n) is 9.32. The van der Waals surface area contributed by atoms with Gasteiger partial charge in [-0.25, -0.2) is 9.78 Å². The molecule has 98 valence electrons. The number of carbonyl (C=O) groups is 1. The zero-order valence-corrected chi connectivity index (χ0v) is 13.3. The van der Waals surface area contributed by atoms with E-state index in [1.54, 1.807) is 6.07 Å². The van der Waals surface area contributed by atoms with Crippen molar-refractivity contribution in [1.29, 1.82) is 0 Å². The van der Waals surface area contributed by atoms with Crippen LogP contribution in [-0.4, -0.2) is 16.1 Å². The van der Waals surface area contributed by atoms with Gasteiger partial charge in [-0.1, -0.05) is 27.5 Å². The highest BCUT2D eigenvalue weighted by Crippen LogP contribution is 2.30. The first-order valence-electron chi connectivity index (χ1n) is 5.09. The van der Waals surface area contributed by atoms with Crippen LogP contribution in [-0.2, 0) is 0 Å². The Labute approximate surface area is 131 Å². The molecule has 2 aromatic rings. The van der Waals surface area contributed by atoms with Crippen LogP contribution < -0.4 is 5.32 Å². The van der Waals surface area contributed by atoms with Crippen LogP contribution in [0.15, 0.2) is 39.3 Å². The first-order chi connectivity index (χ1) is 8.97. The summed E-state index contributed by atoms with van der Waals surface area (Å²) in [5.41, 5.74) is 0.739. The molecule has 0 fully saturated rings. The number of hydrogen-bond donors (Lipinski definition) is 2. The summed E-state index contributed by atoms with van der Waals surface area (Å²) in [5.74, 6) is -0.878. The van der Waals surface area contributed by atoms with E-state index >= 15 is 0 Å². The van der Waals surface area contributed by atoms with E-state index in [-0.39, 0.29) is 16.5 Å². The molecule has 0 saturated heterocycles. The number of halogens is 3. The van der Waals surface area contributed by atoms with Crippen LogP contribution in [0, 0.1) is 0 Å². The summed E-state index contributed by atoms with van der Waals surface area (Å²) in [5, 5.41) is 12.3. The maximum absolute atomic E-state index is 11.1. The van der Waals surface area contributed by atoms with Crippen molar-refractivity contribution < 1.29 is 9.90 Å². The SMILES string of the molecule is O=C(O)c1ccc(Cl)nc1Nc1cc(Br)ccc1Br. The van der Waals surface area contributed by atoms with Crippen molar-refractivity contribution in [3.63, 3.8) is 0 Å². The molecule has 19 heavy (non-hydrogen) atoms. The molecule has 0 amide bonds. The van der Waals surface area contributed by atoms with Crippen molar-refractivity contribution in [2.24, 2.45) is 0 Å². The van der Waals surface area contributed by atoms with Gasteiger partial charge in [-0.05, 0) is 46.3 Å². The van der Waals surface area contributed by atoms with Crippen molar-refractivity contribution in [1.82, 2.24) is 4.98 Å². The summed E-state index contributed by atoms with van der Waals surface area (Å²) in [6.45, 7) is 0. The number of carboxylic acids is 1. The fourth-order valence-electron chi connectivity index (χ4n) is 1.42. The molecule has 2 rings (SSSR count). The maximum Gasteiger partial charge on any atom is 0.339 e. The molecule has 1 aromatic heterocycles. The van der Waals surface area contributed by atoms with E-state index in [9.17, 15) is 4.79 Å². The van der Waals surface area contributed by atoms with E-state index in [0.29, 0.717) is 5.69 Å². The fraction of sp³-hybridized carbons (Fsp3) is 0. The summed E-state index contributed by atoms with van der Waals surface area (Å²) in [6.07, 6.45) is 0. The molecule has 1 aromatic carbocycles. The lowest BCUT2D eigenvalue weighted by molar-refractivity contribution is 0.0697. The Morgan fingerprint density at radius 2 is 2.00 bits per heavy atom. The van der Waals surface area contributed by atoms with E-state index < -0.39 is 5.97 Å². The number of anilines is 2. The molecule has 0 spiro atoms. The number of hydrogen-bond acceptors (Lipinski definition) is 3. The Hall–Kier alpha value is -1.11. The lowest BCUT2D eigenvalue weighted by Crippen LogP contribution is -2.05. The number of nitrogens with one attached hydrogen (secondary N) is 1. The molecule has 7 heteroatoms. The quantitative estimate of drug-likeness (QED) is 0.726. The Kier molecular flexibility index (Phi) is 4.44. The van der Waals surface area contributed by atoms with Crippen LogP contribution in [0.5, 0.6) is 0 Å². The van der Waals surface area contributed by atoms with Gasteiger partial charge in [-0.15, -0.1) is 0 Å². The Balaban J connectivity index is 2.45. The van der Waals surface area contributed by atoms with E-state index in [4.69, 9.17) is 16.7 Å². The van der Waals surface area contributed by atoms with E-state index in [1.807, 2.05) is 12.1 Å². The van der Waals surface area contributed by atoms with Crippen molar-refractivity contribution in [3.05, 3.63) is 50.0 Å². The van der Waals surface area contributed by atoms with E-state index in [0.717, 1.165) is 8.95 Å². The normalized spacial score (nSPS) is 10.3. The lowest BCUT2D eigenvalue weighted by Gasteiger charge is -2.11. The van der Waals surface area contributed by atoms with E-state index in [1.165, 1.54) is 12.1 Å². The van der Waals surface area contributed by atoms with Gasteiger partial charge in [0.05, 0.1) is 5.69 Å². The van der Waals surface area contributed by atoms with Crippen LogP contribution in [0.1, 0.15) is 10.4 Å². The molecule has 0 radical (unpaired) electrons. The summed E-state index contributed by atoms with van der Waals surface area (Å²) < 4.78 is 1.64. The van der Waals surface area contributed by atoms with Gasteiger partial charge in [0.15, 0.2) is 0 Å². The second-order valence-electron chi connectivity index (χ2n) is 3.58. The van der Waals surface area contributed by atoms with Gasteiger partial charge in [0.1, 0.15) is 16.5 Å². The number of carboxylic acid groups (broad SMARTS) is 1. The van der Waals surface area contributed by atoms with Gasteiger partial charge in [0.2, 0.25) is 0 Å². The first-order valence-corrected chi connectivity index (χ1v) is 7.05. The van der Waals surface area contributed by atoms with Crippen molar-refractivity contribution in [2.45, 2.75) is 0 Å². The average molecular weight is 406 g/mol. The second-order valence-corrected chi connectivity index (χ2v) is 5.74. The molecule has 0 aliphatic rings. The standard InChI is InChI=1S/C12H7Br2ClN2O2/c13-6-1-3-8(14)9(5-6)16-11-7(12(18)19)2-4-10(15)17-11/h1-5H,(H,16,17)(H,18,19). The molecule has 0 unspecified atom stereocenters. The third-order valence-electron chi connectivity index (χ3n) is 2.27. The lowest BCUT2D eigenvalue weighted by atomic mass is 10.2. The molecule has 0 atom stereocenters. The van der Waals surface area contributed by atoms with Crippen LogP contribution in [0.25, 0.3) is 0 Å². The van der Waals surface area contributed by atoms with Crippen LogP contribution in [0.2, 0.25) is 5.15 Å². The third kappa shape index (κ3) is 3.46. The summed E-state index contributed by atoms with van der Waals surface area (Å²) in [7, 11) is 0. The van der Waals surface area contributed by atoms with Crippen LogP contribution >= 0.6 is 43.5 Å². The summed E-state index contributed by atoms with van der Waals surface area (Å²) >= 11 is 12.5. The smallest absolute Gasteiger partial charge is 0.339 e. The Morgan fingerprint density at radius 3 is 2.68 bits per heavy atom. The van der Waals surface area contributed by atoms with Gasteiger partial charge in [-0.3, -0.25) is 0 Å². The topological polar surface area (TPSA) is 62.2 Å². The van der Waals surface area contributed by atoms with Gasteiger partial charge in [0, 0.05) is 8.95 Å². The fourth-order valence-corrected chi connectivity index (χ4v) is 2.28. The predicted molar refractivity (Wildman–Crippen MR) is 81.3 cm³/mol. The highest BCUT2D eigenvalue weighted by molar-refractivity contribution is 9.11. The zero-order chi connectivity index (χ0) is 14.0. The minimum Gasteiger partial charge on any atom is -0.478 e. The first kappa shape index (κ1) is 14.3. The highest BCUT2D eigenvalue weighted by Gasteiger charge is 2.13. The molecule has 2 N–H and O–H groups in total.